The van der Waals surface area contributed by atoms with Gasteiger partial charge in [0, 0.05) is 6.92 Å². The molecule has 0 N–H and O–H groups in total. The molecule has 0 aromatic rings. The molecule has 1 aliphatic rings. The van der Waals surface area contributed by atoms with E-state index in [0.29, 0.717) is 0 Å². The van der Waals surface area contributed by atoms with Gasteiger partial charge in [0.05, 0.1) is 0 Å². The first-order chi connectivity index (χ1) is 4.99. The van der Waals surface area contributed by atoms with Crippen LogP contribution in [0.3, 0.4) is 0 Å². The molecule has 0 spiro atoms. The van der Waals surface area contributed by atoms with Crippen molar-refractivity contribution in [2.24, 2.45) is 5.92 Å². The molecule has 1 rings (SSSR count). The van der Waals surface area contributed by atoms with Crippen LogP contribution < -0.4 is 0 Å². The first-order valence-electron chi connectivity index (χ1n) is 4.19. The molecule has 1 fully saturated rings. The van der Waals surface area contributed by atoms with E-state index in [0.717, 1.165) is 12.3 Å². The minimum absolute atomic E-state index is 0.171. The van der Waals surface area contributed by atoms with E-state index in [2.05, 4.69) is 0 Å². The normalized spacial score (nSPS) is 18.1. The van der Waals surface area contributed by atoms with Crippen molar-refractivity contribution in [2.45, 2.75) is 45.6 Å². The summed E-state index contributed by atoms with van der Waals surface area (Å²) >= 11 is 0. The Morgan fingerprint density at radius 2 is 2.09 bits per heavy atom. The van der Waals surface area contributed by atoms with Crippen LogP contribution in [0.4, 0.5) is 0 Å². The van der Waals surface area contributed by atoms with Gasteiger partial charge >= 0.3 is 5.97 Å². The molecule has 2 heteroatoms. The minimum Gasteiger partial charge on any atom is -0.460 e. The molecule has 0 saturated heterocycles. The predicted molar refractivity (Wildman–Crippen MR) is 43.2 cm³/mol. The number of hydrogen-bond acceptors (Lipinski definition) is 2. The fourth-order valence-electron chi connectivity index (χ4n) is 1.45. The second-order valence-electron chi connectivity index (χ2n) is 4.00. The average molecular weight is 156 g/mol. The van der Waals surface area contributed by atoms with Crippen LogP contribution in [0.1, 0.15) is 40.0 Å². The largest absolute Gasteiger partial charge is 0.460 e. The van der Waals surface area contributed by atoms with Gasteiger partial charge in [-0.25, -0.2) is 0 Å². The number of esters is 1. The van der Waals surface area contributed by atoms with E-state index in [1.807, 2.05) is 13.8 Å². The lowest BCUT2D eigenvalue weighted by Crippen LogP contribution is -2.27. The highest BCUT2D eigenvalue weighted by Gasteiger charge is 2.31. The number of ether oxygens (including phenoxy) is 1. The number of hydrogen-bond donors (Lipinski definition) is 0. The van der Waals surface area contributed by atoms with Crippen LogP contribution in [-0.2, 0) is 9.53 Å². The van der Waals surface area contributed by atoms with Gasteiger partial charge in [0.25, 0.3) is 0 Å². The summed E-state index contributed by atoms with van der Waals surface area (Å²) in [5.74, 6) is 0.639. The van der Waals surface area contributed by atoms with Crippen molar-refractivity contribution in [3.8, 4) is 0 Å². The summed E-state index contributed by atoms with van der Waals surface area (Å²) < 4.78 is 5.15. The van der Waals surface area contributed by atoms with Crippen molar-refractivity contribution in [1.82, 2.24) is 0 Å². The van der Waals surface area contributed by atoms with Crippen LogP contribution in [0, 0.1) is 5.92 Å². The molecule has 0 unspecified atom stereocenters. The molecule has 1 aliphatic carbocycles. The Kier molecular flexibility index (Phi) is 2.21. The monoisotopic (exact) mass is 156 g/mol. The highest BCUT2D eigenvalue weighted by Crippen LogP contribution is 2.37. The third-order valence-corrected chi connectivity index (χ3v) is 1.90. The molecule has 2 nitrogen and oxygen atoms in total. The molecule has 0 radical (unpaired) electrons. The molecule has 64 valence electrons. The first-order valence-corrected chi connectivity index (χ1v) is 4.19. The van der Waals surface area contributed by atoms with Crippen molar-refractivity contribution >= 4 is 5.97 Å². The molecule has 1 saturated carbocycles. The van der Waals surface area contributed by atoms with Gasteiger partial charge in [0.15, 0.2) is 0 Å². The Balaban J connectivity index is 2.30. The predicted octanol–water partition coefficient (Wildman–Crippen LogP) is 2.13. The number of carbonyl (C=O) groups is 1. The van der Waals surface area contributed by atoms with Gasteiger partial charge in [0.2, 0.25) is 0 Å². The lowest BCUT2D eigenvalue weighted by Gasteiger charge is -2.23. The summed E-state index contributed by atoms with van der Waals surface area (Å²) in [4.78, 5) is 10.6. The minimum atomic E-state index is -0.243. The quantitative estimate of drug-likeness (QED) is 0.585. The zero-order chi connectivity index (χ0) is 8.48. The third-order valence-electron chi connectivity index (χ3n) is 1.90. The molecule has 0 aromatic carbocycles. The maximum atomic E-state index is 10.6. The highest BCUT2D eigenvalue weighted by molar-refractivity contribution is 5.66. The second kappa shape index (κ2) is 2.84. The topological polar surface area (TPSA) is 26.3 Å². The zero-order valence-corrected chi connectivity index (χ0v) is 7.52. The third kappa shape index (κ3) is 3.40. The fourth-order valence-corrected chi connectivity index (χ4v) is 1.45. The fraction of sp³-hybridized carbons (Fsp3) is 0.889. The highest BCUT2D eigenvalue weighted by atomic mass is 16.6. The van der Waals surface area contributed by atoms with Gasteiger partial charge in [0.1, 0.15) is 5.60 Å². The molecule has 0 aromatic heterocycles. The van der Waals surface area contributed by atoms with Crippen molar-refractivity contribution in [3.05, 3.63) is 0 Å². The summed E-state index contributed by atoms with van der Waals surface area (Å²) in [5.41, 5.74) is -0.243. The van der Waals surface area contributed by atoms with Crippen LogP contribution in [0.2, 0.25) is 0 Å². The van der Waals surface area contributed by atoms with E-state index >= 15 is 0 Å². The van der Waals surface area contributed by atoms with E-state index in [4.69, 9.17) is 4.74 Å². The van der Waals surface area contributed by atoms with E-state index in [-0.39, 0.29) is 11.6 Å². The van der Waals surface area contributed by atoms with Crippen molar-refractivity contribution < 1.29 is 9.53 Å². The summed E-state index contributed by atoms with van der Waals surface area (Å²) in [6.45, 7) is 5.42. The molecular weight excluding hydrogens is 140 g/mol. The molecule has 0 aliphatic heterocycles. The van der Waals surface area contributed by atoms with Crippen LogP contribution in [0.25, 0.3) is 0 Å². The van der Waals surface area contributed by atoms with Gasteiger partial charge < -0.3 is 4.74 Å². The lowest BCUT2D eigenvalue weighted by atomic mass is 10.0. The van der Waals surface area contributed by atoms with Gasteiger partial charge in [-0.3, -0.25) is 4.79 Å². The number of rotatable bonds is 3. The average Bonchev–Trinajstić information content (AvgIpc) is 2.43. The first kappa shape index (κ1) is 8.57. The Hall–Kier alpha value is -0.530. The molecule has 0 atom stereocenters. The molecule has 0 amide bonds. The van der Waals surface area contributed by atoms with E-state index < -0.39 is 0 Å². The SMILES string of the molecule is CC(=O)OC(C)(C)CC1CC1. The van der Waals surface area contributed by atoms with E-state index in [1.165, 1.54) is 19.8 Å². The Morgan fingerprint density at radius 3 is 2.45 bits per heavy atom. The standard InChI is InChI=1S/C9H16O2/c1-7(10)11-9(2,3)6-8-4-5-8/h8H,4-6H2,1-3H3. The van der Waals surface area contributed by atoms with Crippen molar-refractivity contribution in [3.63, 3.8) is 0 Å². The van der Waals surface area contributed by atoms with Gasteiger partial charge in [-0.15, -0.1) is 0 Å². The Bertz CT molecular complexity index is 157. The van der Waals surface area contributed by atoms with E-state index in [9.17, 15) is 4.79 Å². The smallest absolute Gasteiger partial charge is 0.303 e. The molecular formula is C9H16O2. The summed E-state index contributed by atoms with van der Waals surface area (Å²) in [6.07, 6.45) is 3.64. The van der Waals surface area contributed by atoms with Crippen molar-refractivity contribution in [2.75, 3.05) is 0 Å². The van der Waals surface area contributed by atoms with Gasteiger partial charge in [-0.05, 0) is 26.2 Å². The van der Waals surface area contributed by atoms with E-state index in [1.54, 1.807) is 0 Å². The molecule has 0 heterocycles. The van der Waals surface area contributed by atoms with Crippen LogP contribution in [-0.4, -0.2) is 11.6 Å². The maximum absolute atomic E-state index is 10.6. The van der Waals surface area contributed by atoms with Crippen LogP contribution in [0.5, 0.6) is 0 Å². The van der Waals surface area contributed by atoms with Crippen LogP contribution in [0.15, 0.2) is 0 Å². The van der Waals surface area contributed by atoms with Gasteiger partial charge in [-0.2, -0.15) is 0 Å². The van der Waals surface area contributed by atoms with Crippen LogP contribution >= 0.6 is 0 Å². The molecule has 0 bridgehead atoms. The Morgan fingerprint density at radius 1 is 1.55 bits per heavy atom. The lowest BCUT2D eigenvalue weighted by molar-refractivity contribution is -0.154. The molecule has 11 heavy (non-hydrogen) atoms. The van der Waals surface area contributed by atoms with Gasteiger partial charge in [-0.1, -0.05) is 12.8 Å². The second-order valence-corrected chi connectivity index (χ2v) is 4.00. The summed E-state index contributed by atoms with van der Waals surface area (Å²) in [6, 6.07) is 0. The summed E-state index contributed by atoms with van der Waals surface area (Å²) in [5, 5.41) is 0. The zero-order valence-electron chi connectivity index (χ0n) is 7.52. The van der Waals surface area contributed by atoms with Crippen molar-refractivity contribution in [1.29, 1.82) is 0 Å². The number of carbonyl (C=O) groups excluding carboxylic acids is 1. The summed E-state index contributed by atoms with van der Waals surface area (Å²) in [7, 11) is 0. The maximum Gasteiger partial charge on any atom is 0.303 e. The Labute approximate surface area is 67.9 Å².